The van der Waals surface area contributed by atoms with E-state index in [0.717, 1.165) is 12.1 Å². The summed E-state index contributed by atoms with van der Waals surface area (Å²) in [5.74, 6) is -0.898. The van der Waals surface area contributed by atoms with Gasteiger partial charge in [0.2, 0.25) is 0 Å². The molecule has 6 nitrogen and oxygen atoms in total. The van der Waals surface area contributed by atoms with Crippen LogP contribution in [0.2, 0.25) is 0 Å². The van der Waals surface area contributed by atoms with Crippen LogP contribution in [0.1, 0.15) is 10.4 Å². The van der Waals surface area contributed by atoms with E-state index in [2.05, 4.69) is 10.6 Å². The Hall–Kier alpha value is -2.96. The second-order valence-corrected chi connectivity index (χ2v) is 4.47. The highest BCUT2D eigenvalue weighted by molar-refractivity contribution is 5.94. The van der Waals surface area contributed by atoms with E-state index in [1.807, 2.05) is 6.07 Å². The molecule has 2 aromatic rings. The molecule has 2 rings (SSSR count). The van der Waals surface area contributed by atoms with Crippen LogP contribution in [0.4, 0.5) is 15.8 Å². The third kappa shape index (κ3) is 4.02. The molecule has 1 amide bonds. The molecule has 0 unspecified atom stereocenters. The number of halogens is 1. The molecule has 0 spiro atoms. The highest BCUT2D eigenvalue weighted by Crippen LogP contribution is 2.24. The van der Waals surface area contributed by atoms with Gasteiger partial charge < -0.3 is 10.6 Å². The first kappa shape index (κ1) is 15.4. The fraction of sp³-hybridized carbons (Fsp3) is 0.133. The molecule has 7 heteroatoms. The minimum atomic E-state index is -0.672. The van der Waals surface area contributed by atoms with E-state index in [-0.39, 0.29) is 30.4 Å². The lowest BCUT2D eigenvalue weighted by atomic mass is 10.2. The van der Waals surface area contributed by atoms with Gasteiger partial charge >= 0.3 is 0 Å². The van der Waals surface area contributed by atoms with E-state index in [1.165, 1.54) is 6.07 Å². The molecule has 0 radical (unpaired) electrons. The van der Waals surface area contributed by atoms with Gasteiger partial charge in [0, 0.05) is 18.7 Å². The van der Waals surface area contributed by atoms with Crippen molar-refractivity contribution in [3.63, 3.8) is 0 Å². The Labute approximate surface area is 126 Å². The molecule has 0 saturated heterocycles. The van der Waals surface area contributed by atoms with Crippen molar-refractivity contribution in [3.05, 3.63) is 70.0 Å². The normalized spacial score (nSPS) is 10.0. The maximum absolute atomic E-state index is 13.0. The summed E-state index contributed by atoms with van der Waals surface area (Å²) in [6, 6.07) is 12.0. The Balaban J connectivity index is 1.87. The summed E-state index contributed by atoms with van der Waals surface area (Å²) < 4.78 is 13.0. The van der Waals surface area contributed by atoms with Crippen LogP contribution in [-0.4, -0.2) is 23.9 Å². The van der Waals surface area contributed by atoms with Crippen LogP contribution in [0.3, 0.4) is 0 Å². The highest BCUT2D eigenvalue weighted by Gasteiger charge is 2.14. The second kappa shape index (κ2) is 7.16. The number of nitrogens with zero attached hydrogens (tertiary/aromatic N) is 1. The van der Waals surface area contributed by atoms with Crippen LogP contribution < -0.4 is 10.6 Å². The van der Waals surface area contributed by atoms with Crippen LogP contribution in [0.5, 0.6) is 0 Å². The number of nitrogens with one attached hydrogen (secondary N) is 2. The number of amides is 1. The van der Waals surface area contributed by atoms with E-state index in [0.29, 0.717) is 5.56 Å². The Morgan fingerprint density at radius 1 is 1.14 bits per heavy atom. The van der Waals surface area contributed by atoms with Crippen molar-refractivity contribution in [1.29, 1.82) is 0 Å². The number of benzene rings is 2. The molecule has 0 saturated carbocycles. The lowest BCUT2D eigenvalue weighted by molar-refractivity contribution is -0.384. The number of hydrogen-bond donors (Lipinski definition) is 2. The minimum absolute atomic E-state index is 0.209. The van der Waals surface area contributed by atoms with Crippen molar-refractivity contribution in [2.75, 3.05) is 18.4 Å². The van der Waals surface area contributed by atoms with Gasteiger partial charge in [0.25, 0.3) is 11.6 Å². The summed E-state index contributed by atoms with van der Waals surface area (Å²) in [5.41, 5.74) is 0.407. The molecule has 22 heavy (non-hydrogen) atoms. The number of carbonyl (C=O) groups excluding carboxylic acids is 1. The van der Waals surface area contributed by atoms with Crippen LogP contribution in [-0.2, 0) is 0 Å². The van der Waals surface area contributed by atoms with E-state index in [4.69, 9.17) is 0 Å². The molecule has 2 aromatic carbocycles. The van der Waals surface area contributed by atoms with Crippen LogP contribution in [0.15, 0.2) is 48.5 Å². The quantitative estimate of drug-likeness (QED) is 0.488. The van der Waals surface area contributed by atoms with Crippen molar-refractivity contribution in [2.45, 2.75) is 0 Å². The molecule has 0 aliphatic heterocycles. The number of rotatable bonds is 6. The summed E-state index contributed by atoms with van der Waals surface area (Å²) in [6.07, 6.45) is 0. The van der Waals surface area contributed by atoms with E-state index >= 15 is 0 Å². The zero-order valence-corrected chi connectivity index (χ0v) is 11.6. The molecular formula is C15H14FN3O3. The summed E-state index contributed by atoms with van der Waals surface area (Å²) in [4.78, 5) is 21.9. The fourth-order valence-electron chi connectivity index (χ4n) is 1.87. The van der Waals surface area contributed by atoms with E-state index in [9.17, 15) is 19.3 Å². The Kier molecular flexibility index (Phi) is 5.02. The molecular weight excluding hydrogens is 289 g/mol. The SMILES string of the molecule is O=C(NCCNc1ccc(F)cc1[N+](=O)[O-])c1ccccc1. The second-order valence-electron chi connectivity index (χ2n) is 4.47. The Morgan fingerprint density at radius 3 is 2.55 bits per heavy atom. The van der Waals surface area contributed by atoms with E-state index < -0.39 is 10.7 Å². The third-order valence-electron chi connectivity index (χ3n) is 2.92. The average molecular weight is 303 g/mol. The maximum Gasteiger partial charge on any atom is 0.295 e. The molecule has 0 atom stereocenters. The van der Waals surface area contributed by atoms with Gasteiger partial charge in [-0.3, -0.25) is 14.9 Å². The maximum atomic E-state index is 13.0. The van der Waals surface area contributed by atoms with Crippen molar-refractivity contribution in [3.8, 4) is 0 Å². The first-order valence-electron chi connectivity index (χ1n) is 6.59. The minimum Gasteiger partial charge on any atom is -0.378 e. The zero-order valence-electron chi connectivity index (χ0n) is 11.6. The van der Waals surface area contributed by atoms with Gasteiger partial charge in [0.05, 0.1) is 11.0 Å². The molecule has 0 bridgehead atoms. The third-order valence-corrected chi connectivity index (χ3v) is 2.92. The van der Waals surface area contributed by atoms with Gasteiger partial charge in [-0.2, -0.15) is 0 Å². The molecule has 0 heterocycles. The van der Waals surface area contributed by atoms with Gasteiger partial charge in [-0.1, -0.05) is 18.2 Å². The molecule has 0 aliphatic rings. The predicted octanol–water partition coefficient (Wildman–Crippen LogP) is 2.58. The van der Waals surface area contributed by atoms with Gasteiger partial charge in [0.1, 0.15) is 11.5 Å². The number of hydrogen-bond acceptors (Lipinski definition) is 4. The zero-order chi connectivity index (χ0) is 15.9. The topological polar surface area (TPSA) is 84.3 Å². The highest BCUT2D eigenvalue weighted by atomic mass is 19.1. The first-order valence-corrected chi connectivity index (χ1v) is 6.59. The molecule has 0 aliphatic carbocycles. The van der Waals surface area contributed by atoms with Gasteiger partial charge in [-0.05, 0) is 24.3 Å². The number of nitro groups is 1. The van der Waals surface area contributed by atoms with Crippen molar-refractivity contribution in [2.24, 2.45) is 0 Å². The summed E-state index contributed by atoms with van der Waals surface area (Å²) >= 11 is 0. The Morgan fingerprint density at radius 2 is 1.86 bits per heavy atom. The number of anilines is 1. The van der Waals surface area contributed by atoms with Crippen LogP contribution >= 0.6 is 0 Å². The summed E-state index contributed by atoms with van der Waals surface area (Å²) in [7, 11) is 0. The number of nitro benzene ring substituents is 1. The van der Waals surface area contributed by atoms with Crippen LogP contribution in [0, 0.1) is 15.9 Å². The van der Waals surface area contributed by atoms with Gasteiger partial charge in [-0.15, -0.1) is 0 Å². The number of carbonyl (C=O) groups is 1. The largest absolute Gasteiger partial charge is 0.378 e. The summed E-state index contributed by atoms with van der Waals surface area (Å²) in [6.45, 7) is 0.563. The summed E-state index contributed by atoms with van der Waals surface area (Å²) in [5, 5.41) is 16.3. The molecule has 2 N–H and O–H groups in total. The lowest BCUT2D eigenvalue weighted by Crippen LogP contribution is -2.28. The molecule has 114 valence electrons. The molecule has 0 aromatic heterocycles. The van der Waals surface area contributed by atoms with Crippen molar-refractivity contribution >= 4 is 17.3 Å². The molecule has 0 fully saturated rings. The van der Waals surface area contributed by atoms with Gasteiger partial charge in [-0.25, -0.2) is 4.39 Å². The Bertz CT molecular complexity index is 677. The van der Waals surface area contributed by atoms with Crippen LogP contribution in [0.25, 0.3) is 0 Å². The van der Waals surface area contributed by atoms with Gasteiger partial charge in [0.15, 0.2) is 0 Å². The smallest absolute Gasteiger partial charge is 0.295 e. The lowest BCUT2D eigenvalue weighted by Gasteiger charge is -2.08. The standard InChI is InChI=1S/C15H14FN3O3/c16-12-6-7-13(14(10-12)19(21)22)17-8-9-18-15(20)11-4-2-1-3-5-11/h1-7,10,17H,8-9H2,(H,18,20). The fourth-order valence-corrected chi connectivity index (χ4v) is 1.87. The monoisotopic (exact) mass is 303 g/mol. The first-order chi connectivity index (χ1) is 10.6. The average Bonchev–Trinajstić information content (AvgIpc) is 2.53. The van der Waals surface area contributed by atoms with Crippen molar-refractivity contribution < 1.29 is 14.1 Å². The van der Waals surface area contributed by atoms with Crippen molar-refractivity contribution in [1.82, 2.24) is 5.32 Å². The van der Waals surface area contributed by atoms with E-state index in [1.54, 1.807) is 24.3 Å². The predicted molar refractivity (Wildman–Crippen MR) is 80.3 cm³/mol.